The van der Waals surface area contributed by atoms with Crippen LogP contribution in [0.15, 0.2) is 10.5 Å². The third-order valence-corrected chi connectivity index (χ3v) is 2.67. The summed E-state index contributed by atoms with van der Waals surface area (Å²) in [6.07, 6.45) is 0. The van der Waals surface area contributed by atoms with Gasteiger partial charge in [0.15, 0.2) is 17.3 Å². The van der Waals surface area contributed by atoms with E-state index in [1.807, 2.05) is 0 Å². The summed E-state index contributed by atoms with van der Waals surface area (Å²) in [4.78, 5) is 22.9. The van der Waals surface area contributed by atoms with Gasteiger partial charge >= 0.3 is 5.97 Å². The van der Waals surface area contributed by atoms with Gasteiger partial charge in [-0.15, -0.1) is 0 Å². The number of rotatable bonds is 4. The Hall–Kier alpha value is -1.63. The van der Waals surface area contributed by atoms with Crippen molar-refractivity contribution in [2.45, 2.75) is 6.92 Å². The number of esters is 1. The van der Waals surface area contributed by atoms with Gasteiger partial charge in [-0.1, -0.05) is 0 Å². The molecule has 0 bridgehead atoms. The first-order chi connectivity index (χ1) is 8.43. The highest BCUT2D eigenvalue weighted by Crippen LogP contribution is 2.36. The van der Waals surface area contributed by atoms with Crippen LogP contribution in [-0.4, -0.2) is 30.6 Å². The normalized spacial score (nSPS) is 10.0. The highest BCUT2D eigenvalue weighted by atomic mass is 79.9. The first-order valence-corrected chi connectivity index (χ1v) is 5.69. The minimum atomic E-state index is -1.18. The van der Waals surface area contributed by atoms with E-state index in [0.717, 1.165) is 13.2 Å². The van der Waals surface area contributed by atoms with E-state index < -0.39 is 34.6 Å². The first-order valence-electron chi connectivity index (χ1n) is 4.90. The second-order valence-corrected chi connectivity index (χ2v) is 4.00. The molecule has 0 aliphatic heterocycles. The van der Waals surface area contributed by atoms with Gasteiger partial charge in [0.2, 0.25) is 0 Å². The number of carbonyl (C=O) groups is 2. The molecule has 0 radical (unpaired) electrons. The van der Waals surface area contributed by atoms with Crippen LogP contribution >= 0.6 is 15.9 Å². The maximum absolute atomic E-state index is 13.9. The predicted octanol–water partition coefficient (Wildman–Crippen LogP) is 2.05. The smallest absolute Gasteiger partial charge is 0.379 e. The summed E-state index contributed by atoms with van der Waals surface area (Å²) in [5, 5.41) is 9.40. The number of ether oxygens (including phenoxy) is 2. The fraction of sp³-hybridized carbons (Fsp3) is 0.273. The lowest BCUT2D eigenvalue weighted by molar-refractivity contribution is -0.137. The van der Waals surface area contributed by atoms with Gasteiger partial charge in [0, 0.05) is 4.47 Å². The Morgan fingerprint density at radius 1 is 1.50 bits per heavy atom. The molecule has 5 nitrogen and oxygen atoms in total. The molecule has 1 N–H and O–H groups in total. The second-order valence-electron chi connectivity index (χ2n) is 3.15. The van der Waals surface area contributed by atoms with Crippen molar-refractivity contribution < 1.29 is 28.6 Å². The van der Waals surface area contributed by atoms with Crippen molar-refractivity contribution in [3.8, 4) is 11.5 Å². The zero-order valence-corrected chi connectivity index (χ0v) is 11.2. The van der Waals surface area contributed by atoms with E-state index in [2.05, 4.69) is 25.4 Å². The van der Waals surface area contributed by atoms with Crippen LogP contribution in [0, 0.1) is 5.82 Å². The molecule has 1 rings (SSSR count). The van der Waals surface area contributed by atoms with Gasteiger partial charge < -0.3 is 14.6 Å². The van der Waals surface area contributed by atoms with Crippen molar-refractivity contribution in [3.63, 3.8) is 0 Å². The van der Waals surface area contributed by atoms with Crippen LogP contribution in [0.5, 0.6) is 11.5 Å². The van der Waals surface area contributed by atoms with Crippen LogP contribution in [-0.2, 0) is 9.53 Å². The van der Waals surface area contributed by atoms with Crippen LogP contribution in [0.1, 0.15) is 17.3 Å². The summed E-state index contributed by atoms with van der Waals surface area (Å²) in [6.45, 7) is 1.52. The molecule has 0 unspecified atom stereocenters. The lowest BCUT2D eigenvalue weighted by atomic mass is 10.1. The highest BCUT2D eigenvalue weighted by Gasteiger charge is 2.28. The molecule has 0 aliphatic carbocycles. The molecule has 0 fully saturated rings. The number of benzene rings is 1. The van der Waals surface area contributed by atoms with Gasteiger partial charge in [-0.3, -0.25) is 4.79 Å². The zero-order valence-electron chi connectivity index (χ0n) is 9.62. The average Bonchev–Trinajstić information content (AvgIpc) is 2.29. The number of Topliss-reactive ketones (excluding diaryl/α,β-unsaturated/α-hetero) is 1. The van der Waals surface area contributed by atoms with Crippen molar-refractivity contribution in [1.29, 1.82) is 0 Å². The number of carbonyl (C=O) groups excluding carboxylic acids is 2. The van der Waals surface area contributed by atoms with Crippen molar-refractivity contribution in [2.24, 2.45) is 0 Å². The molecule has 1 aromatic carbocycles. The highest BCUT2D eigenvalue weighted by molar-refractivity contribution is 9.10. The number of halogens is 2. The summed E-state index contributed by atoms with van der Waals surface area (Å²) in [5.41, 5.74) is -0.539. The van der Waals surface area contributed by atoms with E-state index in [0.29, 0.717) is 0 Å². The fourth-order valence-electron chi connectivity index (χ4n) is 1.29. The minimum absolute atomic E-state index is 0.000962. The summed E-state index contributed by atoms with van der Waals surface area (Å²) in [5.74, 6) is -4.44. The van der Waals surface area contributed by atoms with Crippen LogP contribution < -0.4 is 4.74 Å². The molecule has 98 valence electrons. The molecule has 18 heavy (non-hydrogen) atoms. The number of hydrogen-bond acceptors (Lipinski definition) is 5. The lowest BCUT2D eigenvalue weighted by Crippen LogP contribution is -2.19. The molecule has 1 aromatic rings. The average molecular weight is 321 g/mol. The van der Waals surface area contributed by atoms with Gasteiger partial charge in [0.25, 0.3) is 5.78 Å². The zero-order chi connectivity index (χ0) is 13.9. The molecule has 0 atom stereocenters. The Morgan fingerprint density at radius 3 is 2.61 bits per heavy atom. The number of ketones is 1. The quantitative estimate of drug-likeness (QED) is 0.522. The van der Waals surface area contributed by atoms with E-state index in [1.165, 1.54) is 6.92 Å². The lowest BCUT2D eigenvalue weighted by Gasteiger charge is -2.10. The summed E-state index contributed by atoms with van der Waals surface area (Å²) in [6, 6.07) is 1.06. The third-order valence-electron chi connectivity index (χ3n) is 2.05. The maximum Gasteiger partial charge on any atom is 0.379 e. The van der Waals surface area contributed by atoms with E-state index >= 15 is 0 Å². The number of methoxy groups -OCH3 is 1. The topological polar surface area (TPSA) is 72.8 Å². The Labute approximate surface area is 111 Å². The summed E-state index contributed by atoms with van der Waals surface area (Å²) < 4.78 is 22.9. The Kier molecular flexibility index (Phi) is 4.66. The van der Waals surface area contributed by atoms with E-state index in [9.17, 15) is 19.1 Å². The standard InChI is InChI=1S/C11H10BrFO5/c1-3-18-11(16)9(15)7-5(12)4-6(14)10(17-2)8(7)13/h4,14H,3H2,1-2H3. The SMILES string of the molecule is CCOC(=O)C(=O)c1c(Br)cc(O)c(OC)c1F. The van der Waals surface area contributed by atoms with Gasteiger partial charge in [0.05, 0.1) is 19.3 Å². The third kappa shape index (κ3) is 2.61. The molecule has 0 spiro atoms. The predicted molar refractivity (Wildman–Crippen MR) is 63.3 cm³/mol. The van der Waals surface area contributed by atoms with E-state index in [4.69, 9.17) is 0 Å². The Bertz CT molecular complexity index is 501. The molecule has 0 aliphatic rings. The number of phenols is 1. The van der Waals surface area contributed by atoms with Crippen LogP contribution in [0.2, 0.25) is 0 Å². The number of hydrogen-bond donors (Lipinski definition) is 1. The molecule has 0 heterocycles. The van der Waals surface area contributed by atoms with Crippen LogP contribution in [0.25, 0.3) is 0 Å². The molecule has 0 saturated carbocycles. The molecule has 0 saturated heterocycles. The molecular formula is C11H10BrFO5. The maximum atomic E-state index is 13.9. The van der Waals surface area contributed by atoms with Crippen molar-refractivity contribution in [1.82, 2.24) is 0 Å². The van der Waals surface area contributed by atoms with Gasteiger partial charge in [-0.2, -0.15) is 0 Å². The van der Waals surface area contributed by atoms with Gasteiger partial charge in [-0.25, -0.2) is 9.18 Å². The Morgan fingerprint density at radius 2 is 2.11 bits per heavy atom. The second kappa shape index (κ2) is 5.81. The van der Waals surface area contributed by atoms with E-state index in [-0.39, 0.29) is 11.1 Å². The molecule has 0 aromatic heterocycles. The van der Waals surface area contributed by atoms with Gasteiger partial charge in [-0.05, 0) is 28.9 Å². The van der Waals surface area contributed by atoms with Crippen LogP contribution in [0.4, 0.5) is 4.39 Å². The Balaban J connectivity index is 3.32. The summed E-state index contributed by atoms with van der Waals surface area (Å²) in [7, 11) is 1.13. The number of phenolic OH excluding ortho intramolecular Hbond substituents is 1. The fourth-order valence-corrected chi connectivity index (χ4v) is 1.86. The first kappa shape index (κ1) is 14.4. The number of aromatic hydroxyl groups is 1. The molecular weight excluding hydrogens is 311 g/mol. The van der Waals surface area contributed by atoms with Crippen molar-refractivity contribution >= 4 is 27.7 Å². The van der Waals surface area contributed by atoms with Crippen molar-refractivity contribution in [3.05, 3.63) is 21.9 Å². The summed E-state index contributed by atoms with van der Waals surface area (Å²) >= 11 is 2.90. The van der Waals surface area contributed by atoms with Crippen molar-refractivity contribution in [2.75, 3.05) is 13.7 Å². The largest absolute Gasteiger partial charge is 0.504 e. The van der Waals surface area contributed by atoms with E-state index in [1.54, 1.807) is 0 Å². The molecule has 7 heteroatoms. The van der Waals surface area contributed by atoms with Gasteiger partial charge in [0.1, 0.15) is 0 Å². The van der Waals surface area contributed by atoms with Crippen LogP contribution in [0.3, 0.4) is 0 Å². The minimum Gasteiger partial charge on any atom is -0.504 e. The monoisotopic (exact) mass is 320 g/mol. The molecule has 0 amide bonds.